The predicted octanol–water partition coefficient (Wildman–Crippen LogP) is 2.85. The average Bonchev–Trinajstić information content (AvgIpc) is 3.47. The van der Waals surface area contributed by atoms with Gasteiger partial charge in [0.25, 0.3) is 0 Å². The number of hydrogen-bond acceptors (Lipinski definition) is 3. The first-order valence-corrected chi connectivity index (χ1v) is 10.1. The molecule has 0 radical (unpaired) electrons. The molecule has 2 aromatic carbocycles. The minimum atomic E-state index is 0.255. The summed E-state index contributed by atoms with van der Waals surface area (Å²) in [6.45, 7) is 3.72. The summed E-state index contributed by atoms with van der Waals surface area (Å²) in [7, 11) is 0. The smallest absolute Gasteiger partial charge is 0.237 e. The summed E-state index contributed by atoms with van der Waals surface area (Å²) in [6, 6.07) is 21.3. The monoisotopic (exact) mass is 363 g/mol. The van der Waals surface area contributed by atoms with Gasteiger partial charge in [-0.1, -0.05) is 60.7 Å². The molecule has 0 aromatic heterocycles. The first-order valence-electron chi connectivity index (χ1n) is 10.1. The van der Waals surface area contributed by atoms with E-state index in [4.69, 9.17) is 5.73 Å². The number of amides is 1. The van der Waals surface area contributed by atoms with E-state index in [0.717, 1.165) is 32.5 Å². The lowest BCUT2D eigenvalue weighted by atomic mass is 9.89. The third kappa shape index (κ3) is 4.40. The molecule has 2 N–H and O–H groups in total. The van der Waals surface area contributed by atoms with E-state index in [1.165, 1.54) is 11.1 Å². The second-order valence-corrected chi connectivity index (χ2v) is 7.95. The van der Waals surface area contributed by atoms with Gasteiger partial charge in [-0.05, 0) is 36.4 Å². The van der Waals surface area contributed by atoms with E-state index in [-0.39, 0.29) is 5.91 Å². The van der Waals surface area contributed by atoms with E-state index < -0.39 is 0 Å². The summed E-state index contributed by atoms with van der Waals surface area (Å²) >= 11 is 0. The van der Waals surface area contributed by atoms with Gasteiger partial charge in [-0.2, -0.15) is 0 Å². The van der Waals surface area contributed by atoms with Crippen molar-refractivity contribution in [2.45, 2.75) is 31.3 Å². The van der Waals surface area contributed by atoms with Crippen molar-refractivity contribution in [2.24, 2.45) is 11.7 Å². The normalized spacial score (nSPS) is 22.7. The first kappa shape index (κ1) is 18.2. The van der Waals surface area contributed by atoms with Gasteiger partial charge in [-0.25, -0.2) is 0 Å². The van der Waals surface area contributed by atoms with Crippen LogP contribution in [-0.2, 0) is 11.3 Å². The highest BCUT2D eigenvalue weighted by Gasteiger charge is 2.37. The Morgan fingerprint density at radius 2 is 1.67 bits per heavy atom. The molecule has 142 valence electrons. The van der Waals surface area contributed by atoms with Gasteiger partial charge >= 0.3 is 0 Å². The van der Waals surface area contributed by atoms with Gasteiger partial charge in [0.05, 0.1) is 6.54 Å². The van der Waals surface area contributed by atoms with Crippen molar-refractivity contribution in [3.05, 3.63) is 71.8 Å². The highest BCUT2D eigenvalue weighted by molar-refractivity contribution is 5.79. The number of rotatable bonds is 7. The minimum Gasteiger partial charge on any atom is -0.334 e. The van der Waals surface area contributed by atoms with Crippen molar-refractivity contribution >= 4 is 5.91 Å². The van der Waals surface area contributed by atoms with Gasteiger partial charge in [-0.15, -0.1) is 0 Å². The average molecular weight is 364 g/mol. The molecule has 1 amide bonds. The Morgan fingerprint density at radius 3 is 2.30 bits per heavy atom. The molecular formula is C23H29N3O. The summed E-state index contributed by atoms with van der Waals surface area (Å²) in [4.78, 5) is 17.5. The molecule has 27 heavy (non-hydrogen) atoms. The molecule has 1 saturated carbocycles. The van der Waals surface area contributed by atoms with Crippen molar-refractivity contribution < 1.29 is 4.79 Å². The lowest BCUT2D eigenvalue weighted by molar-refractivity contribution is -0.133. The van der Waals surface area contributed by atoms with Crippen LogP contribution in [0.15, 0.2) is 60.7 Å². The Kier molecular flexibility index (Phi) is 5.55. The van der Waals surface area contributed by atoms with Gasteiger partial charge in [0.15, 0.2) is 0 Å². The quantitative estimate of drug-likeness (QED) is 0.823. The van der Waals surface area contributed by atoms with Gasteiger partial charge < -0.3 is 10.6 Å². The van der Waals surface area contributed by atoms with E-state index in [2.05, 4.69) is 46.2 Å². The fourth-order valence-corrected chi connectivity index (χ4v) is 4.28. The number of nitrogens with zero attached hydrogens (tertiary/aromatic N) is 2. The standard InChI is InChI=1S/C23H29N3O/c24-13-20-15-25(16-22(20)19-9-5-2-6-10-19)17-23(27)26(21-11-12-21)14-18-7-3-1-4-8-18/h1-10,20-22H,11-17,24H2/t20-,22+/m1/s1. The van der Waals surface area contributed by atoms with Crippen LogP contribution in [0, 0.1) is 5.92 Å². The predicted molar refractivity (Wildman–Crippen MR) is 108 cm³/mol. The second-order valence-electron chi connectivity index (χ2n) is 7.95. The van der Waals surface area contributed by atoms with Crippen molar-refractivity contribution in [1.82, 2.24) is 9.80 Å². The molecule has 0 spiro atoms. The summed E-state index contributed by atoms with van der Waals surface area (Å²) < 4.78 is 0. The van der Waals surface area contributed by atoms with E-state index in [1.54, 1.807) is 0 Å². The maximum absolute atomic E-state index is 13.1. The molecule has 1 aliphatic heterocycles. The van der Waals surface area contributed by atoms with E-state index >= 15 is 0 Å². The van der Waals surface area contributed by atoms with Gasteiger partial charge in [-0.3, -0.25) is 9.69 Å². The van der Waals surface area contributed by atoms with Crippen LogP contribution in [0.4, 0.5) is 0 Å². The molecule has 4 heteroatoms. The largest absolute Gasteiger partial charge is 0.334 e. The molecule has 1 heterocycles. The van der Waals surface area contributed by atoms with Gasteiger partial charge in [0.2, 0.25) is 5.91 Å². The Labute approximate surface area is 162 Å². The summed E-state index contributed by atoms with van der Waals surface area (Å²) in [5.74, 6) is 1.10. The zero-order chi connectivity index (χ0) is 18.6. The number of likely N-dealkylation sites (tertiary alicyclic amines) is 1. The molecular weight excluding hydrogens is 334 g/mol. The molecule has 1 aliphatic carbocycles. The van der Waals surface area contributed by atoms with Crippen molar-refractivity contribution in [1.29, 1.82) is 0 Å². The van der Waals surface area contributed by atoms with Crippen molar-refractivity contribution in [3.8, 4) is 0 Å². The number of benzene rings is 2. The van der Waals surface area contributed by atoms with E-state index in [9.17, 15) is 4.79 Å². The van der Waals surface area contributed by atoms with Crippen LogP contribution in [0.3, 0.4) is 0 Å². The van der Waals surface area contributed by atoms with Crippen LogP contribution in [0.2, 0.25) is 0 Å². The summed E-state index contributed by atoms with van der Waals surface area (Å²) in [5, 5.41) is 0. The van der Waals surface area contributed by atoms with Crippen molar-refractivity contribution in [3.63, 3.8) is 0 Å². The SMILES string of the molecule is NC[C@@H]1CN(CC(=O)N(Cc2ccccc2)C2CC2)C[C@H]1c1ccccc1. The van der Waals surface area contributed by atoms with Crippen LogP contribution in [0.5, 0.6) is 0 Å². The zero-order valence-electron chi connectivity index (χ0n) is 15.8. The third-order valence-electron chi connectivity index (χ3n) is 5.91. The fraction of sp³-hybridized carbons (Fsp3) is 0.435. The molecule has 1 saturated heterocycles. The molecule has 0 bridgehead atoms. The Balaban J connectivity index is 1.41. The van der Waals surface area contributed by atoms with Crippen LogP contribution in [0.1, 0.15) is 29.9 Å². The molecule has 0 unspecified atom stereocenters. The topological polar surface area (TPSA) is 49.6 Å². The Bertz CT molecular complexity index is 745. The second kappa shape index (κ2) is 8.24. The zero-order valence-corrected chi connectivity index (χ0v) is 15.8. The van der Waals surface area contributed by atoms with Crippen molar-refractivity contribution in [2.75, 3.05) is 26.2 Å². The third-order valence-corrected chi connectivity index (χ3v) is 5.91. The van der Waals surface area contributed by atoms with E-state index in [0.29, 0.717) is 31.0 Å². The van der Waals surface area contributed by atoms with Crippen LogP contribution in [0.25, 0.3) is 0 Å². The van der Waals surface area contributed by atoms with Gasteiger partial charge in [0, 0.05) is 31.6 Å². The number of hydrogen-bond donors (Lipinski definition) is 1. The lowest BCUT2D eigenvalue weighted by Crippen LogP contribution is -2.40. The fourth-order valence-electron chi connectivity index (χ4n) is 4.28. The highest BCUT2D eigenvalue weighted by Crippen LogP contribution is 2.33. The van der Waals surface area contributed by atoms with Gasteiger partial charge in [0.1, 0.15) is 0 Å². The number of carbonyl (C=O) groups excluding carboxylic acids is 1. The number of carbonyl (C=O) groups is 1. The summed E-state index contributed by atoms with van der Waals surface area (Å²) in [6.07, 6.45) is 2.27. The van der Waals surface area contributed by atoms with Crippen LogP contribution < -0.4 is 5.73 Å². The maximum Gasteiger partial charge on any atom is 0.237 e. The Morgan fingerprint density at radius 1 is 1.00 bits per heavy atom. The first-order chi connectivity index (χ1) is 13.2. The summed E-state index contributed by atoms with van der Waals surface area (Å²) in [5.41, 5.74) is 8.60. The minimum absolute atomic E-state index is 0.255. The van der Waals surface area contributed by atoms with Crippen LogP contribution in [-0.4, -0.2) is 47.9 Å². The molecule has 2 aliphatic rings. The Hall–Kier alpha value is -2.17. The molecule has 2 atom stereocenters. The highest BCUT2D eigenvalue weighted by atomic mass is 16.2. The maximum atomic E-state index is 13.1. The lowest BCUT2D eigenvalue weighted by Gasteiger charge is -2.25. The molecule has 4 nitrogen and oxygen atoms in total. The number of nitrogens with two attached hydrogens (primary N) is 1. The molecule has 2 fully saturated rings. The van der Waals surface area contributed by atoms with E-state index in [1.807, 2.05) is 24.3 Å². The molecule has 2 aromatic rings. The molecule has 4 rings (SSSR count). The van der Waals surface area contributed by atoms with Crippen LogP contribution >= 0.6 is 0 Å².